The number of piperazine rings is 1. The lowest BCUT2D eigenvalue weighted by Gasteiger charge is -2.36. The van der Waals surface area contributed by atoms with E-state index in [-0.39, 0.29) is 11.8 Å². The molecule has 2 rings (SSSR count). The van der Waals surface area contributed by atoms with Gasteiger partial charge in [0.15, 0.2) is 0 Å². The first-order chi connectivity index (χ1) is 9.50. The Balaban J connectivity index is 2.21. The van der Waals surface area contributed by atoms with Crippen LogP contribution in [0, 0.1) is 0 Å². The van der Waals surface area contributed by atoms with Gasteiger partial charge in [0.2, 0.25) is 5.91 Å². The second-order valence-corrected chi connectivity index (χ2v) is 5.39. The maximum atomic E-state index is 12.5. The molecular weight excluding hydrogens is 278 g/mol. The first-order valence-electron chi connectivity index (χ1n) is 6.49. The molecule has 1 aromatic rings. The van der Waals surface area contributed by atoms with Crippen molar-refractivity contribution in [2.45, 2.75) is 6.04 Å². The number of hydrogen-bond acceptors (Lipinski definition) is 3. The number of carbonyl (C=O) groups excluding carboxylic acids is 2. The summed E-state index contributed by atoms with van der Waals surface area (Å²) in [4.78, 5) is 27.8. The average Bonchev–Trinajstić information content (AvgIpc) is 2.46. The largest absolute Gasteiger partial charge is 0.347 e. The van der Waals surface area contributed by atoms with Crippen LogP contribution < -0.4 is 5.32 Å². The highest BCUT2D eigenvalue weighted by Crippen LogP contribution is 2.15. The molecule has 0 aliphatic carbocycles. The van der Waals surface area contributed by atoms with Gasteiger partial charge < -0.3 is 15.1 Å². The second kappa shape index (κ2) is 6.24. The zero-order chi connectivity index (χ0) is 14.7. The number of likely N-dealkylation sites (N-methyl/N-ethyl adjacent to an activating group) is 1. The summed E-state index contributed by atoms with van der Waals surface area (Å²) in [6, 6.07) is 6.27. The Morgan fingerprint density at radius 2 is 1.95 bits per heavy atom. The Morgan fingerprint density at radius 3 is 2.55 bits per heavy atom. The molecule has 1 aliphatic heterocycles. The van der Waals surface area contributed by atoms with Crippen molar-refractivity contribution in [2.24, 2.45) is 0 Å². The fraction of sp³-hybridized carbons (Fsp3) is 0.429. The molecule has 1 saturated heterocycles. The summed E-state index contributed by atoms with van der Waals surface area (Å²) in [5.74, 6) is -0.206. The number of benzene rings is 1. The van der Waals surface area contributed by atoms with Crippen LogP contribution in [-0.2, 0) is 4.79 Å². The standard InChI is InChI=1S/C14H18ClN3O2/c1-17(2)14(20)12-9-16-7-8-18(12)13(19)10-3-5-11(15)6-4-10/h3-6,12,16H,7-9H2,1-2H3. The number of hydrogen-bond donors (Lipinski definition) is 1. The van der Waals surface area contributed by atoms with Crippen molar-refractivity contribution >= 4 is 23.4 Å². The molecule has 0 bridgehead atoms. The van der Waals surface area contributed by atoms with Gasteiger partial charge in [-0.1, -0.05) is 11.6 Å². The number of nitrogens with one attached hydrogen (secondary N) is 1. The number of halogens is 1. The summed E-state index contributed by atoms with van der Waals surface area (Å²) >= 11 is 5.83. The van der Waals surface area contributed by atoms with Crippen molar-refractivity contribution in [3.05, 3.63) is 34.9 Å². The van der Waals surface area contributed by atoms with Crippen molar-refractivity contribution in [1.29, 1.82) is 0 Å². The fourth-order valence-electron chi connectivity index (χ4n) is 2.22. The van der Waals surface area contributed by atoms with Crippen LogP contribution in [0.15, 0.2) is 24.3 Å². The lowest BCUT2D eigenvalue weighted by atomic mass is 10.1. The lowest BCUT2D eigenvalue weighted by Crippen LogP contribution is -2.59. The minimum Gasteiger partial charge on any atom is -0.347 e. The van der Waals surface area contributed by atoms with Crippen molar-refractivity contribution in [2.75, 3.05) is 33.7 Å². The highest BCUT2D eigenvalue weighted by molar-refractivity contribution is 6.30. The van der Waals surface area contributed by atoms with Gasteiger partial charge in [0.25, 0.3) is 5.91 Å². The van der Waals surface area contributed by atoms with E-state index < -0.39 is 6.04 Å². The molecule has 1 unspecified atom stereocenters. The zero-order valence-electron chi connectivity index (χ0n) is 11.6. The molecule has 1 aromatic carbocycles. The quantitative estimate of drug-likeness (QED) is 0.880. The van der Waals surface area contributed by atoms with Gasteiger partial charge in [-0.2, -0.15) is 0 Å². The minimum atomic E-state index is -0.457. The van der Waals surface area contributed by atoms with E-state index in [9.17, 15) is 9.59 Å². The van der Waals surface area contributed by atoms with Gasteiger partial charge >= 0.3 is 0 Å². The van der Waals surface area contributed by atoms with E-state index in [4.69, 9.17) is 11.6 Å². The van der Waals surface area contributed by atoms with E-state index in [1.807, 2.05) is 0 Å². The van der Waals surface area contributed by atoms with E-state index in [0.29, 0.717) is 30.2 Å². The predicted octanol–water partition coefficient (Wildman–Crippen LogP) is 0.842. The molecule has 0 spiro atoms. The van der Waals surface area contributed by atoms with Gasteiger partial charge in [0.05, 0.1) is 0 Å². The Morgan fingerprint density at radius 1 is 1.30 bits per heavy atom. The van der Waals surface area contributed by atoms with Crippen molar-refractivity contribution in [3.63, 3.8) is 0 Å². The van der Waals surface area contributed by atoms with Crippen LogP contribution in [0.3, 0.4) is 0 Å². The van der Waals surface area contributed by atoms with Gasteiger partial charge in [-0.3, -0.25) is 9.59 Å². The Labute approximate surface area is 123 Å². The van der Waals surface area contributed by atoms with Gasteiger partial charge in [-0.25, -0.2) is 0 Å². The number of rotatable bonds is 2. The maximum Gasteiger partial charge on any atom is 0.254 e. The molecule has 1 atom stereocenters. The zero-order valence-corrected chi connectivity index (χ0v) is 12.4. The Kier molecular flexibility index (Phi) is 4.62. The van der Waals surface area contributed by atoms with E-state index >= 15 is 0 Å². The van der Waals surface area contributed by atoms with E-state index in [1.165, 1.54) is 4.90 Å². The molecule has 6 heteroatoms. The van der Waals surface area contributed by atoms with Gasteiger partial charge in [0, 0.05) is 44.3 Å². The molecule has 5 nitrogen and oxygen atoms in total. The van der Waals surface area contributed by atoms with Crippen molar-refractivity contribution in [1.82, 2.24) is 15.1 Å². The summed E-state index contributed by atoms with van der Waals surface area (Å²) in [5.41, 5.74) is 0.549. The van der Waals surface area contributed by atoms with Gasteiger partial charge in [0.1, 0.15) is 6.04 Å². The molecular formula is C14H18ClN3O2. The van der Waals surface area contributed by atoms with Crippen molar-refractivity contribution < 1.29 is 9.59 Å². The smallest absolute Gasteiger partial charge is 0.254 e. The summed E-state index contributed by atoms with van der Waals surface area (Å²) < 4.78 is 0. The highest BCUT2D eigenvalue weighted by Gasteiger charge is 2.33. The summed E-state index contributed by atoms with van der Waals surface area (Å²) in [6.07, 6.45) is 0. The molecule has 0 radical (unpaired) electrons. The molecule has 1 fully saturated rings. The molecule has 20 heavy (non-hydrogen) atoms. The first-order valence-corrected chi connectivity index (χ1v) is 6.87. The molecule has 0 saturated carbocycles. The van der Waals surface area contributed by atoms with Crippen LogP contribution in [0.25, 0.3) is 0 Å². The second-order valence-electron chi connectivity index (χ2n) is 4.96. The maximum absolute atomic E-state index is 12.5. The fourth-order valence-corrected chi connectivity index (χ4v) is 2.35. The van der Waals surface area contributed by atoms with Crippen molar-refractivity contribution in [3.8, 4) is 0 Å². The molecule has 2 amide bonds. The lowest BCUT2D eigenvalue weighted by molar-refractivity contribution is -0.134. The Bertz CT molecular complexity index is 502. The Hall–Kier alpha value is -1.59. The highest BCUT2D eigenvalue weighted by atomic mass is 35.5. The molecule has 1 N–H and O–H groups in total. The van der Waals surface area contributed by atoms with Crippen LogP contribution in [0.1, 0.15) is 10.4 Å². The topological polar surface area (TPSA) is 52.7 Å². The number of amides is 2. The van der Waals surface area contributed by atoms with Crippen LogP contribution >= 0.6 is 11.6 Å². The van der Waals surface area contributed by atoms with E-state index in [1.54, 1.807) is 43.3 Å². The number of nitrogens with zero attached hydrogens (tertiary/aromatic N) is 2. The normalized spacial score (nSPS) is 18.8. The summed E-state index contributed by atoms with van der Waals surface area (Å²) in [7, 11) is 3.39. The third kappa shape index (κ3) is 3.11. The SMILES string of the molecule is CN(C)C(=O)C1CNCCN1C(=O)c1ccc(Cl)cc1. The van der Waals surface area contributed by atoms with Gasteiger partial charge in [-0.15, -0.1) is 0 Å². The monoisotopic (exact) mass is 295 g/mol. The summed E-state index contributed by atoms with van der Waals surface area (Å²) in [5, 5.41) is 3.74. The van der Waals surface area contributed by atoms with E-state index in [2.05, 4.69) is 5.32 Å². The van der Waals surface area contributed by atoms with E-state index in [0.717, 1.165) is 0 Å². The van der Waals surface area contributed by atoms with Crippen LogP contribution in [0.5, 0.6) is 0 Å². The molecule has 1 heterocycles. The molecule has 1 aliphatic rings. The van der Waals surface area contributed by atoms with Crippen LogP contribution in [0.4, 0.5) is 0 Å². The summed E-state index contributed by atoms with van der Waals surface area (Å²) in [6.45, 7) is 1.69. The minimum absolute atomic E-state index is 0.0699. The third-order valence-corrected chi connectivity index (χ3v) is 3.57. The average molecular weight is 296 g/mol. The van der Waals surface area contributed by atoms with Crippen LogP contribution in [0.2, 0.25) is 5.02 Å². The molecule has 0 aromatic heterocycles. The number of carbonyl (C=O) groups is 2. The molecule has 108 valence electrons. The van der Waals surface area contributed by atoms with Crippen LogP contribution in [-0.4, -0.2) is 61.4 Å². The predicted molar refractivity (Wildman–Crippen MR) is 77.8 cm³/mol. The third-order valence-electron chi connectivity index (χ3n) is 3.32. The first kappa shape index (κ1) is 14.8. The van der Waals surface area contributed by atoms with Gasteiger partial charge in [-0.05, 0) is 24.3 Å².